The predicted octanol–water partition coefficient (Wildman–Crippen LogP) is 2.77. The second-order valence-corrected chi connectivity index (χ2v) is 9.74. The van der Waals surface area contributed by atoms with Crippen molar-refractivity contribution in [2.75, 3.05) is 11.4 Å². The van der Waals surface area contributed by atoms with Gasteiger partial charge in [0.05, 0.1) is 11.3 Å². The summed E-state index contributed by atoms with van der Waals surface area (Å²) in [6.45, 7) is 2.22. The van der Waals surface area contributed by atoms with Crippen LogP contribution >= 0.6 is 0 Å². The first-order valence-corrected chi connectivity index (χ1v) is 12.1. The molecule has 1 saturated carbocycles. The number of amidine groups is 1. The molecule has 2 aliphatic heterocycles. The van der Waals surface area contributed by atoms with E-state index in [2.05, 4.69) is 9.71 Å². The van der Waals surface area contributed by atoms with Gasteiger partial charge in [0.15, 0.2) is 6.10 Å². The molecular weight excluding hydrogens is 406 g/mol. The number of hydrogen-bond donors (Lipinski definition) is 1. The lowest BCUT2D eigenvalue weighted by Crippen LogP contribution is -2.40. The van der Waals surface area contributed by atoms with Crippen LogP contribution < -0.4 is 10.2 Å². The van der Waals surface area contributed by atoms with Crippen LogP contribution in [0.1, 0.15) is 68.6 Å². The van der Waals surface area contributed by atoms with Crippen LogP contribution in [0.15, 0.2) is 27.5 Å². The van der Waals surface area contributed by atoms with Crippen molar-refractivity contribution in [2.24, 2.45) is 4.40 Å². The van der Waals surface area contributed by atoms with Gasteiger partial charge >= 0.3 is 5.97 Å². The van der Waals surface area contributed by atoms with E-state index in [1.54, 1.807) is 12.1 Å². The van der Waals surface area contributed by atoms with Crippen LogP contribution in [0.3, 0.4) is 0 Å². The van der Waals surface area contributed by atoms with Gasteiger partial charge in [-0.15, -0.1) is 4.40 Å². The first-order chi connectivity index (χ1) is 14.3. The Hall–Kier alpha value is -2.42. The highest BCUT2D eigenvalue weighted by molar-refractivity contribution is 7.90. The predicted molar refractivity (Wildman–Crippen MR) is 112 cm³/mol. The zero-order chi connectivity index (χ0) is 21.3. The molecular formula is C21H27N3O5S. The molecule has 30 heavy (non-hydrogen) atoms. The molecule has 0 spiro atoms. The molecule has 1 saturated heterocycles. The van der Waals surface area contributed by atoms with Crippen molar-refractivity contribution in [3.05, 3.63) is 23.8 Å². The highest BCUT2D eigenvalue weighted by Crippen LogP contribution is 2.35. The van der Waals surface area contributed by atoms with E-state index in [0.717, 1.165) is 44.9 Å². The van der Waals surface area contributed by atoms with Crippen molar-refractivity contribution < 1.29 is 22.7 Å². The van der Waals surface area contributed by atoms with Gasteiger partial charge in [0.25, 0.3) is 15.9 Å². The van der Waals surface area contributed by atoms with Gasteiger partial charge in [-0.1, -0.05) is 19.3 Å². The molecule has 4 rings (SSSR count). The van der Waals surface area contributed by atoms with Crippen molar-refractivity contribution in [3.63, 3.8) is 0 Å². The molecule has 9 heteroatoms. The van der Waals surface area contributed by atoms with Crippen LogP contribution in [0.2, 0.25) is 0 Å². The Morgan fingerprint density at radius 3 is 2.70 bits per heavy atom. The molecule has 1 aromatic rings. The Bertz CT molecular complexity index is 982. The van der Waals surface area contributed by atoms with E-state index in [0.29, 0.717) is 24.5 Å². The molecule has 0 radical (unpaired) electrons. The maximum absolute atomic E-state index is 12.7. The number of rotatable bonds is 4. The molecule has 2 heterocycles. The third-order valence-corrected chi connectivity index (χ3v) is 7.27. The number of carbonyl (C=O) groups excluding carboxylic acids is 2. The molecule has 0 bridgehead atoms. The summed E-state index contributed by atoms with van der Waals surface area (Å²) in [6.07, 6.45) is 6.60. The normalized spacial score (nSPS) is 21.6. The summed E-state index contributed by atoms with van der Waals surface area (Å²) in [6, 6.07) is 4.62. The van der Waals surface area contributed by atoms with Gasteiger partial charge in [-0.2, -0.15) is 8.42 Å². The number of esters is 1. The van der Waals surface area contributed by atoms with Crippen molar-refractivity contribution >= 4 is 33.4 Å². The van der Waals surface area contributed by atoms with Crippen molar-refractivity contribution in [1.82, 2.24) is 5.32 Å². The molecule has 1 aromatic carbocycles. The first kappa shape index (κ1) is 20.8. The highest BCUT2D eigenvalue weighted by atomic mass is 32.2. The van der Waals surface area contributed by atoms with Crippen LogP contribution in [0.4, 0.5) is 5.69 Å². The summed E-state index contributed by atoms with van der Waals surface area (Å²) in [5.41, 5.74) is 0.636. The van der Waals surface area contributed by atoms with Gasteiger partial charge in [0, 0.05) is 19.0 Å². The van der Waals surface area contributed by atoms with E-state index < -0.39 is 22.1 Å². The third kappa shape index (κ3) is 4.21. The minimum Gasteiger partial charge on any atom is -0.449 e. The SMILES string of the molecule is C[C@@H](OC(=O)c1ccc2c(c1)S(=O)(=O)N=C1CCCCCN12)C(=O)NC1CCCC1. The summed E-state index contributed by atoms with van der Waals surface area (Å²) in [7, 11) is -3.89. The Morgan fingerprint density at radius 1 is 1.17 bits per heavy atom. The summed E-state index contributed by atoms with van der Waals surface area (Å²) >= 11 is 0. The Labute approximate surface area is 176 Å². The second-order valence-electron chi connectivity index (χ2n) is 8.16. The average molecular weight is 434 g/mol. The largest absolute Gasteiger partial charge is 0.449 e. The van der Waals surface area contributed by atoms with Crippen LogP contribution in [0, 0.1) is 0 Å². The van der Waals surface area contributed by atoms with E-state index in [1.165, 1.54) is 13.0 Å². The smallest absolute Gasteiger partial charge is 0.338 e. The topological polar surface area (TPSA) is 105 Å². The summed E-state index contributed by atoms with van der Waals surface area (Å²) in [4.78, 5) is 26.8. The Morgan fingerprint density at radius 2 is 1.93 bits per heavy atom. The monoisotopic (exact) mass is 433 g/mol. The van der Waals surface area contributed by atoms with Crippen molar-refractivity contribution in [2.45, 2.75) is 75.3 Å². The molecule has 1 atom stereocenters. The van der Waals surface area contributed by atoms with E-state index >= 15 is 0 Å². The third-order valence-electron chi connectivity index (χ3n) is 5.94. The van der Waals surface area contributed by atoms with Gasteiger partial charge in [0.1, 0.15) is 10.7 Å². The van der Waals surface area contributed by atoms with Crippen LogP contribution in [0.25, 0.3) is 0 Å². The fourth-order valence-corrected chi connectivity index (χ4v) is 5.56. The van der Waals surface area contributed by atoms with Crippen molar-refractivity contribution in [3.8, 4) is 0 Å². The van der Waals surface area contributed by atoms with E-state index in [4.69, 9.17) is 4.74 Å². The number of benzene rings is 1. The number of sulfonamides is 1. The molecule has 162 valence electrons. The van der Waals surface area contributed by atoms with E-state index in [-0.39, 0.29) is 22.4 Å². The second kappa shape index (κ2) is 8.37. The zero-order valence-corrected chi connectivity index (χ0v) is 17.9. The zero-order valence-electron chi connectivity index (χ0n) is 17.1. The maximum Gasteiger partial charge on any atom is 0.338 e. The van der Waals surface area contributed by atoms with Gasteiger partial charge < -0.3 is 15.0 Å². The highest BCUT2D eigenvalue weighted by Gasteiger charge is 2.32. The minimum atomic E-state index is -3.89. The number of amides is 1. The molecule has 0 unspecified atom stereocenters. The van der Waals surface area contributed by atoms with E-state index in [9.17, 15) is 18.0 Å². The lowest BCUT2D eigenvalue weighted by Gasteiger charge is -2.29. The molecule has 1 aliphatic carbocycles. The number of fused-ring (bicyclic) bond motifs is 3. The minimum absolute atomic E-state index is 0.00524. The Kier molecular flexibility index (Phi) is 5.81. The first-order valence-electron chi connectivity index (χ1n) is 10.6. The van der Waals surface area contributed by atoms with Gasteiger partial charge in [-0.25, -0.2) is 4.79 Å². The summed E-state index contributed by atoms with van der Waals surface area (Å²) in [5.74, 6) is -0.500. The molecule has 2 fully saturated rings. The number of hydrogen-bond acceptors (Lipinski definition) is 6. The van der Waals surface area contributed by atoms with Gasteiger partial charge in [-0.05, 0) is 50.8 Å². The van der Waals surface area contributed by atoms with Crippen LogP contribution in [-0.2, 0) is 19.6 Å². The lowest BCUT2D eigenvalue weighted by molar-refractivity contribution is -0.129. The van der Waals surface area contributed by atoms with Crippen LogP contribution in [0.5, 0.6) is 0 Å². The van der Waals surface area contributed by atoms with Gasteiger partial charge in [-0.3, -0.25) is 4.79 Å². The molecule has 3 aliphatic rings. The molecule has 0 aromatic heterocycles. The number of anilines is 1. The van der Waals surface area contributed by atoms with Gasteiger partial charge in [0.2, 0.25) is 0 Å². The standard InChI is InChI=1S/C21H27N3O5S/c1-14(20(25)22-16-7-4-5-8-16)29-21(26)15-10-11-17-18(13-15)30(27,28)23-19-9-3-2-6-12-24(17)19/h10-11,13-14,16H,2-9,12H2,1H3,(H,22,25)/t14-/m1/s1. The fourth-order valence-electron chi connectivity index (χ4n) is 4.28. The Balaban J connectivity index is 1.51. The quantitative estimate of drug-likeness (QED) is 0.732. The molecule has 8 nitrogen and oxygen atoms in total. The number of ether oxygens (including phenoxy) is 1. The number of nitrogens with one attached hydrogen (secondary N) is 1. The molecule has 1 amide bonds. The molecule has 1 N–H and O–H groups in total. The summed E-state index contributed by atoms with van der Waals surface area (Å²) < 4.78 is 34.7. The average Bonchev–Trinajstić information content (AvgIpc) is 3.11. The van der Waals surface area contributed by atoms with Crippen molar-refractivity contribution in [1.29, 1.82) is 0 Å². The van der Waals surface area contributed by atoms with Crippen LogP contribution in [-0.4, -0.2) is 44.8 Å². The number of nitrogens with zero attached hydrogens (tertiary/aromatic N) is 2. The lowest BCUT2D eigenvalue weighted by atomic mass is 10.1. The number of carbonyl (C=O) groups is 2. The summed E-state index contributed by atoms with van der Waals surface area (Å²) in [5, 5.41) is 2.90. The van der Waals surface area contributed by atoms with E-state index in [1.807, 2.05) is 4.90 Å². The fraction of sp³-hybridized carbons (Fsp3) is 0.571. The maximum atomic E-state index is 12.7.